The number of benzene rings is 1. The van der Waals surface area contributed by atoms with Crippen molar-refractivity contribution in [3.05, 3.63) is 59.0 Å². The Morgan fingerprint density at radius 3 is 2.69 bits per heavy atom. The van der Waals surface area contributed by atoms with Crippen LogP contribution in [0.1, 0.15) is 40.4 Å². The smallest absolute Gasteiger partial charge is 0.339 e. The Morgan fingerprint density at radius 1 is 1.21 bits per heavy atom. The molecule has 2 aliphatic heterocycles. The van der Waals surface area contributed by atoms with E-state index >= 15 is 0 Å². The Morgan fingerprint density at radius 2 is 1.97 bits per heavy atom. The van der Waals surface area contributed by atoms with E-state index in [1.165, 1.54) is 0 Å². The number of morpholine rings is 1. The topological polar surface area (TPSA) is 81.0 Å². The Labute approximate surface area is 170 Å². The summed E-state index contributed by atoms with van der Waals surface area (Å²) in [5, 5.41) is 2.99. The zero-order valence-corrected chi connectivity index (χ0v) is 16.8. The molecule has 7 nitrogen and oxygen atoms in total. The van der Waals surface area contributed by atoms with Crippen molar-refractivity contribution < 1.29 is 23.5 Å². The second-order valence-corrected chi connectivity index (χ2v) is 7.78. The quantitative estimate of drug-likeness (QED) is 0.778. The molecule has 154 valence electrons. The van der Waals surface area contributed by atoms with Gasteiger partial charge >= 0.3 is 5.97 Å². The number of nitrogens with zero attached hydrogens (tertiary/aromatic N) is 1. The molecule has 4 rings (SSSR count). The molecule has 1 saturated heterocycles. The lowest BCUT2D eigenvalue weighted by atomic mass is 9.89. The fraction of sp³-hybridized carbons (Fsp3) is 0.455. The minimum Gasteiger partial charge on any atom is -0.465 e. The maximum absolute atomic E-state index is 13.0. The first kappa shape index (κ1) is 19.7. The van der Waals surface area contributed by atoms with Crippen LogP contribution in [0.2, 0.25) is 0 Å². The van der Waals surface area contributed by atoms with Crippen LogP contribution in [0.5, 0.6) is 0 Å². The predicted octanol–water partition coefficient (Wildman–Crippen LogP) is 2.25. The van der Waals surface area contributed by atoms with Crippen LogP contribution >= 0.6 is 0 Å². The highest BCUT2D eigenvalue weighted by molar-refractivity contribution is 5.97. The summed E-state index contributed by atoms with van der Waals surface area (Å²) in [7, 11) is 0. The van der Waals surface area contributed by atoms with Gasteiger partial charge in [-0.25, -0.2) is 4.79 Å². The van der Waals surface area contributed by atoms with Gasteiger partial charge in [0.05, 0.1) is 24.8 Å². The summed E-state index contributed by atoms with van der Waals surface area (Å²) < 4.78 is 16.8. The van der Waals surface area contributed by atoms with Gasteiger partial charge in [-0.2, -0.15) is 0 Å². The minimum atomic E-state index is -1.24. The fourth-order valence-corrected chi connectivity index (χ4v) is 3.97. The Kier molecular flexibility index (Phi) is 5.43. The van der Waals surface area contributed by atoms with E-state index < -0.39 is 11.6 Å². The van der Waals surface area contributed by atoms with E-state index in [1.54, 1.807) is 19.1 Å². The largest absolute Gasteiger partial charge is 0.465 e. The first-order valence-electron chi connectivity index (χ1n) is 9.94. The molecule has 29 heavy (non-hydrogen) atoms. The van der Waals surface area contributed by atoms with Gasteiger partial charge in [0, 0.05) is 26.1 Å². The number of hydrogen-bond acceptors (Lipinski definition) is 6. The molecule has 0 aliphatic carbocycles. The molecule has 1 aromatic heterocycles. The van der Waals surface area contributed by atoms with Gasteiger partial charge in [0.15, 0.2) is 5.60 Å². The third-order valence-electron chi connectivity index (χ3n) is 5.60. The van der Waals surface area contributed by atoms with Crippen LogP contribution in [0.15, 0.2) is 40.8 Å². The van der Waals surface area contributed by atoms with Gasteiger partial charge in [-0.15, -0.1) is 0 Å². The monoisotopic (exact) mass is 398 g/mol. The summed E-state index contributed by atoms with van der Waals surface area (Å²) in [5.74, 6) is 0.869. The number of cyclic esters (lactones) is 1. The zero-order valence-electron chi connectivity index (χ0n) is 16.8. The Bertz CT molecular complexity index is 902. The molecule has 2 aromatic rings. The second kappa shape index (κ2) is 8.00. The molecular weight excluding hydrogens is 372 g/mol. The molecule has 1 fully saturated rings. The van der Waals surface area contributed by atoms with E-state index in [1.807, 2.05) is 31.2 Å². The van der Waals surface area contributed by atoms with Crippen molar-refractivity contribution in [2.45, 2.75) is 31.9 Å². The van der Waals surface area contributed by atoms with Crippen LogP contribution in [0, 0.1) is 6.92 Å². The number of carbonyl (C=O) groups is 2. The van der Waals surface area contributed by atoms with Crippen LogP contribution in [0.4, 0.5) is 0 Å². The molecule has 0 spiro atoms. The number of esters is 1. The summed E-state index contributed by atoms with van der Waals surface area (Å²) in [4.78, 5) is 27.7. The molecule has 2 atom stereocenters. The first-order chi connectivity index (χ1) is 14.0. The lowest BCUT2D eigenvalue weighted by molar-refractivity contribution is -0.140. The van der Waals surface area contributed by atoms with Crippen molar-refractivity contribution in [3.63, 3.8) is 0 Å². The summed E-state index contributed by atoms with van der Waals surface area (Å²) in [5.41, 5.74) is 0.114. The summed E-state index contributed by atoms with van der Waals surface area (Å²) >= 11 is 0. The molecule has 2 unspecified atom stereocenters. The van der Waals surface area contributed by atoms with E-state index in [2.05, 4.69) is 10.2 Å². The van der Waals surface area contributed by atoms with Crippen molar-refractivity contribution in [3.8, 4) is 0 Å². The van der Waals surface area contributed by atoms with Crippen LogP contribution in [0.25, 0.3) is 0 Å². The number of amides is 1. The van der Waals surface area contributed by atoms with Gasteiger partial charge < -0.3 is 19.2 Å². The van der Waals surface area contributed by atoms with Crippen molar-refractivity contribution in [1.29, 1.82) is 0 Å². The molecule has 1 aromatic carbocycles. The number of rotatable bonds is 5. The summed E-state index contributed by atoms with van der Waals surface area (Å²) in [6, 6.07) is 11.0. The maximum atomic E-state index is 13.0. The maximum Gasteiger partial charge on any atom is 0.339 e. The molecule has 0 saturated carbocycles. The highest BCUT2D eigenvalue weighted by atomic mass is 16.6. The normalized spacial score (nSPS) is 23.2. The summed E-state index contributed by atoms with van der Waals surface area (Å²) in [6.45, 7) is 6.75. The van der Waals surface area contributed by atoms with E-state index in [-0.39, 0.29) is 11.9 Å². The molecule has 7 heteroatoms. The number of furan rings is 1. The lowest BCUT2D eigenvalue weighted by Gasteiger charge is -2.36. The number of carbonyl (C=O) groups excluding carboxylic acids is 2. The molecule has 1 amide bonds. The SMILES string of the molecule is Cc1ccc(C(CNC(=O)C2(C)Cc3ccccc3C(=O)O2)N2CCOCC2)o1. The average molecular weight is 398 g/mol. The van der Waals surface area contributed by atoms with Crippen molar-refractivity contribution in [2.75, 3.05) is 32.8 Å². The van der Waals surface area contributed by atoms with Crippen LogP contribution in [0.3, 0.4) is 0 Å². The van der Waals surface area contributed by atoms with Crippen molar-refractivity contribution in [1.82, 2.24) is 10.2 Å². The van der Waals surface area contributed by atoms with Gasteiger partial charge in [0.2, 0.25) is 0 Å². The number of aryl methyl sites for hydroxylation is 1. The van der Waals surface area contributed by atoms with Crippen molar-refractivity contribution in [2.24, 2.45) is 0 Å². The van der Waals surface area contributed by atoms with Crippen LogP contribution in [-0.4, -0.2) is 55.2 Å². The molecule has 2 aliphatic rings. The number of ether oxygens (including phenoxy) is 2. The van der Waals surface area contributed by atoms with E-state index in [9.17, 15) is 9.59 Å². The van der Waals surface area contributed by atoms with Crippen molar-refractivity contribution >= 4 is 11.9 Å². The van der Waals surface area contributed by atoms with Gasteiger partial charge in [-0.3, -0.25) is 9.69 Å². The third-order valence-corrected chi connectivity index (χ3v) is 5.60. The molecule has 3 heterocycles. The second-order valence-electron chi connectivity index (χ2n) is 7.78. The van der Waals surface area contributed by atoms with E-state index in [4.69, 9.17) is 13.9 Å². The number of fused-ring (bicyclic) bond motifs is 1. The predicted molar refractivity (Wildman–Crippen MR) is 106 cm³/mol. The van der Waals surface area contributed by atoms with Crippen LogP contribution < -0.4 is 5.32 Å². The third kappa shape index (κ3) is 4.06. The fourth-order valence-electron chi connectivity index (χ4n) is 3.97. The van der Waals surface area contributed by atoms with Gasteiger partial charge in [-0.05, 0) is 37.6 Å². The Balaban J connectivity index is 1.48. The zero-order chi connectivity index (χ0) is 20.4. The average Bonchev–Trinajstić information content (AvgIpc) is 3.14. The first-order valence-corrected chi connectivity index (χ1v) is 9.94. The number of hydrogen-bond donors (Lipinski definition) is 1. The van der Waals surface area contributed by atoms with Gasteiger partial charge in [-0.1, -0.05) is 18.2 Å². The highest BCUT2D eigenvalue weighted by Crippen LogP contribution is 2.29. The highest BCUT2D eigenvalue weighted by Gasteiger charge is 2.43. The lowest BCUT2D eigenvalue weighted by Crippen LogP contribution is -2.53. The van der Waals surface area contributed by atoms with Crippen LogP contribution in [-0.2, 0) is 20.7 Å². The van der Waals surface area contributed by atoms with E-state index in [0.29, 0.717) is 31.7 Å². The molecule has 0 radical (unpaired) electrons. The van der Waals surface area contributed by atoms with Gasteiger partial charge in [0.1, 0.15) is 11.5 Å². The Hall–Kier alpha value is -2.64. The standard InChI is InChI=1S/C22H26N2O5/c1-15-7-8-19(28-15)18(24-9-11-27-12-10-24)14-23-21(26)22(2)13-16-5-3-4-6-17(16)20(25)29-22/h3-8,18H,9-14H2,1-2H3,(H,23,26). The van der Waals surface area contributed by atoms with Gasteiger partial charge in [0.25, 0.3) is 5.91 Å². The molecule has 0 bridgehead atoms. The molecular formula is C22H26N2O5. The molecule has 1 N–H and O–H groups in total. The van der Waals surface area contributed by atoms with E-state index in [0.717, 1.165) is 30.2 Å². The minimum absolute atomic E-state index is 0.105. The summed E-state index contributed by atoms with van der Waals surface area (Å²) in [6.07, 6.45) is 0.350. The number of nitrogens with one attached hydrogen (secondary N) is 1.